The van der Waals surface area contributed by atoms with Crippen molar-refractivity contribution in [3.8, 4) is 5.75 Å². The molecule has 3 nitrogen and oxygen atoms in total. The van der Waals surface area contributed by atoms with Crippen LogP contribution in [0.5, 0.6) is 5.75 Å². The summed E-state index contributed by atoms with van der Waals surface area (Å²) in [5.41, 5.74) is 0.0511. The minimum atomic E-state index is -0.776. The Hall–Kier alpha value is -1.06. The summed E-state index contributed by atoms with van der Waals surface area (Å²) in [5.74, 6) is 2.77. The van der Waals surface area contributed by atoms with Gasteiger partial charge in [0.15, 0.2) is 0 Å². The summed E-state index contributed by atoms with van der Waals surface area (Å²) in [6.07, 6.45) is 5.53. The van der Waals surface area contributed by atoms with Crippen LogP contribution in [0.3, 0.4) is 0 Å². The highest BCUT2D eigenvalue weighted by Crippen LogP contribution is 2.32. The first-order valence-corrected chi connectivity index (χ1v) is 9.97. The van der Waals surface area contributed by atoms with Gasteiger partial charge in [0.05, 0.1) is 17.3 Å². The number of ether oxygens (including phenoxy) is 2. The number of methoxy groups -OCH3 is 1. The van der Waals surface area contributed by atoms with Crippen molar-refractivity contribution in [2.45, 2.75) is 91.5 Å². The molecule has 3 heteroatoms. The Labute approximate surface area is 161 Å². The fourth-order valence-electron chi connectivity index (χ4n) is 2.93. The zero-order valence-corrected chi connectivity index (χ0v) is 18.1. The van der Waals surface area contributed by atoms with Gasteiger partial charge in [0.1, 0.15) is 5.75 Å². The van der Waals surface area contributed by atoms with Crippen molar-refractivity contribution in [3.05, 3.63) is 29.8 Å². The van der Waals surface area contributed by atoms with Crippen molar-refractivity contribution >= 4 is 0 Å². The van der Waals surface area contributed by atoms with Crippen LogP contribution in [0, 0.1) is 18.8 Å². The number of aliphatic hydroxyl groups is 1. The normalized spacial score (nSPS) is 21.2. The molecule has 0 atom stereocenters. The monoisotopic (exact) mass is 364 g/mol. The van der Waals surface area contributed by atoms with E-state index in [1.165, 1.54) is 31.2 Å². The SMILES string of the molecule is COC(C)(C)C(C)(C)O.Cc1ccc(OC2CCC(C(C)C)CC2)cc1. The van der Waals surface area contributed by atoms with E-state index in [2.05, 4.69) is 45.0 Å². The van der Waals surface area contributed by atoms with Gasteiger partial charge in [-0.1, -0.05) is 31.5 Å². The van der Waals surface area contributed by atoms with Crippen molar-refractivity contribution in [1.82, 2.24) is 0 Å². The molecule has 0 spiro atoms. The molecule has 150 valence electrons. The lowest BCUT2D eigenvalue weighted by atomic mass is 9.80. The maximum atomic E-state index is 9.42. The Bertz CT molecular complexity index is 503. The van der Waals surface area contributed by atoms with E-state index in [0.717, 1.165) is 17.6 Å². The summed E-state index contributed by atoms with van der Waals surface area (Å²) in [6, 6.07) is 8.41. The molecule has 1 aliphatic rings. The van der Waals surface area contributed by atoms with E-state index in [4.69, 9.17) is 9.47 Å². The zero-order valence-electron chi connectivity index (χ0n) is 18.1. The van der Waals surface area contributed by atoms with E-state index in [0.29, 0.717) is 6.10 Å². The molecule has 0 unspecified atom stereocenters. The maximum absolute atomic E-state index is 9.42. The average Bonchev–Trinajstić information content (AvgIpc) is 2.57. The Morgan fingerprint density at radius 2 is 1.46 bits per heavy atom. The summed E-state index contributed by atoms with van der Waals surface area (Å²) in [4.78, 5) is 0. The first-order chi connectivity index (χ1) is 12.0. The molecule has 1 aromatic carbocycles. The van der Waals surface area contributed by atoms with Gasteiger partial charge in [-0.15, -0.1) is 0 Å². The van der Waals surface area contributed by atoms with Gasteiger partial charge in [-0.25, -0.2) is 0 Å². The van der Waals surface area contributed by atoms with Crippen LogP contribution in [0.15, 0.2) is 24.3 Å². The molecule has 1 N–H and O–H groups in total. The molecule has 0 bridgehead atoms. The molecular weight excluding hydrogens is 324 g/mol. The van der Waals surface area contributed by atoms with E-state index in [-0.39, 0.29) is 0 Å². The Morgan fingerprint density at radius 1 is 0.962 bits per heavy atom. The quantitative estimate of drug-likeness (QED) is 0.720. The predicted molar refractivity (Wildman–Crippen MR) is 110 cm³/mol. The number of rotatable bonds is 5. The lowest BCUT2D eigenvalue weighted by Gasteiger charge is -2.35. The molecule has 26 heavy (non-hydrogen) atoms. The summed E-state index contributed by atoms with van der Waals surface area (Å²) in [5, 5.41) is 9.42. The highest BCUT2D eigenvalue weighted by molar-refractivity contribution is 5.26. The van der Waals surface area contributed by atoms with Crippen molar-refractivity contribution in [2.24, 2.45) is 11.8 Å². The molecule has 1 aromatic rings. The second-order valence-electron chi connectivity index (χ2n) is 8.99. The number of aryl methyl sites for hydroxylation is 1. The highest BCUT2D eigenvalue weighted by atomic mass is 16.5. The molecule has 1 fully saturated rings. The highest BCUT2D eigenvalue weighted by Gasteiger charge is 2.34. The van der Waals surface area contributed by atoms with Gasteiger partial charge in [-0.2, -0.15) is 0 Å². The fourth-order valence-corrected chi connectivity index (χ4v) is 2.93. The Balaban J connectivity index is 0.000000321. The Morgan fingerprint density at radius 3 is 1.81 bits per heavy atom. The number of hydrogen-bond donors (Lipinski definition) is 1. The topological polar surface area (TPSA) is 38.7 Å². The minimum Gasteiger partial charge on any atom is -0.490 e. The van der Waals surface area contributed by atoms with Crippen molar-refractivity contribution < 1.29 is 14.6 Å². The van der Waals surface area contributed by atoms with Crippen LogP contribution >= 0.6 is 0 Å². The third-order valence-electron chi connectivity index (χ3n) is 5.97. The van der Waals surface area contributed by atoms with E-state index in [1.54, 1.807) is 21.0 Å². The largest absolute Gasteiger partial charge is 0.490 e. The van der Waals surface area contributed by atoms with Gasteiger partial charge in [0, 0.05) is 7.11 Å². The van der Waals surface area contributed by atoms with Gasteiger partial charge < -0.3 is 14.6 Å². The number of hydrogen-bond acceptors (Lipinski definition) is 3. The van der Waals surface area contributed by atoms with E-state index >= 15 is 0 Å². The van der Waals surface area contributed by atoms with Crippen LogP contribution in [0.2, 0.25) is 0 Å². The molecule has 0 radical (unpaired) electrons. The first kappa shape index (κ1) is 23.0. The zero-order chi connectivity index (χ0) is 20.0. The first-order valence-electron chi connectivity index (χ1n) is 9.97. The van der Waals surface area contributed by atoms with E-state index in [1.807, 2.05) is 13.8 Å². The van der Waals surface area contributed by atoms with Crippen molar-refractivity contribution in [1.29, 1.82) is 0 Å². The van der Waals surface area contributed by atoms with Gasteiger partial charge in [-0.05, 0) is 84.3 Å². The third-order valence-corrected chi connectivity index (χ3v) is 5.97. The molecule has 0 aliphatic heterocycles. The molecule has 2 rings (SSSR count). The molecule has 1 aliphatic carbocycles. The summed E-state index contributed by atoms with van der Waals surface area (Å²) >= 11 is 0. The van der Waals surface area contributed by atoms with Crippen LogP contribution in [0.4, 0.5) is 0 Å². The lowest BCUT2D eigenvalue weighted by molar-refractivity contribution is -0.129. The second kappa shape index (κ2) is 9.75. The molecule has 0 amide bonds. The maximum Gasteiger partial charge on any atom is 0.119 e. The van der Waals surface area contributed by atoms with Crippen LogP contribution in [-0.2, 0) is 4.74 Å². The smallest absolute Gasteiger partial charge is 0.119 e. The molecule has 0 aromatic heterocycles. The Kier molecular flexibility index (Phi) is 8.62. The van der Waals surface area contributed by atoms with Gasteiger partial charge >= 0.3 is 0 Å². The molecule has 1 saturated carbocycles. The standard InChI is InChI=1S/C16H24O.C7H16O2/c1-12(2)14-6-10-16(11-7-14)17-15-8-4-13(3)5-9-15;1-6(2,8)7(3,4)9-5/h4-5,8-9,12,14,16H,6-7,10-11H2,1-3H3;8H,1-5H3. The fraction of sp³-hybridized carbons (Fsp3) is 0.739. The van der Waals surface area contributed by atoms with Crippen LogP contribution in [-0.4, -0.2) is 29.5 Å². The minimum absolute atomic E-state index is 0.438. The predicted octanol–water partition coefficient (Wildman–Crippen LogP) is 5.77. The van der Waals surface area contributed by atoms with E-state index < -0.39 is 11.2 Å². The van der Waals surface area contributed by atoms with E-state index in [9.17, 15) is 5.11 Å². The molecule has 0 heterocycles. The molecule has 0 saturated heterocycles. The van der Waals surface area contributed by atoms with Gasteiger partial charge in [-0.3, -0.25) is 0 Å². The van der Waals surface area contributed by atoms with Gasteiger partial charge in [0.2, 0.25) is 0 Å². The van der Waals surface area contributed by atoms with Crippen molar-refractivity contribution in [2.75, 3.05) is 7.11 Å². The summed E-state index contributed by atoms with van der Waals surface area (Å²) in [7, 11) is 1.60. The number of benzene rings is 1. The average molecular weight is 365 g/mol. The molecular formula is C23H40O3. The van der Waals surface area contributed by atoms with Crippen LogP contribution in [0.25, 0.3) is 0 Å². The second-order valence-corrected chi connectivity index (χ2v) is 8.99. The third kappa shape index (κ3) is 7.28. The van der Waals surface area contributed by atoms with Gasteiger partial charge in [0.25, 0.3) is 0 Å². The van der Waals surface area contributed by atoms with Crippen LogP contribution in [0.1, 0.15) is 72.8 Å². The lowest BCUT2D eigenvalue weighted by Crippen LogP contribution is -2.46. The van der Waals surface area contributed by atoms with Crippen molar-refractivity contribution in [3.63, 3.8) is 0 Å². The summed E-state index contributed by atoms with van der Waals surface area (Å²) < 4.78 is 11.1. The summed E-state index contributed by atoms with van der Waals surface area (Å²) in [6.45, 7) is 14.0. The van der Waals surface area contributed by atoms with Crippen LogP contribution < -0.4 is 4.74 Å².